The maximum atomic E-state index is 10.6. The van der Waals surface area contributed by atoms with E-state index in [1.807, 2.05) is 18.2 Å². The van der Waals surface area contributed by atoms with Crippen LogP contribution in [0.5, 0.6) is 0 Å². The number of hydrazine groups is 1. The van der Waals surface area contributed by atoms with Gasteiger partial charge in [0.2, 0.25) is 0 Å². The van der Waals surface area contributed by atoms with Gasteiger partial charge < -0.3 is 9.84 Å². The molecule has 0 radical (unpaired) electrons. The fraction of sp³-hybridized carbons (Fsp3) is 0.429. The zero-order valence-corrected chi connectivity index (χ0v) is 12.3. The number of benzene rings is 1. The van der Waals surface area contributed by atoms with Gasteiger partial charge in [0.05, 0.1) is 22.9 Å². The van der Waals surface area contributed by atoms with Crippen LogP contribution in [0.4, 0.5) is 4.79 Å². The predicted octanol–water partition coefficient (Wildman–Crippen LogP) is 2.46. The van der Waals surface area contributed by atoms with Crippen LogP contribution in [0.25, 0.3) is 10.2 Å². The minimum Gasteiger partial charge on any atom is -0.464 e. The maximum Gasteiger partial charge on any atom is 0.419 e. The van der Waals surface area contributed by atoms with E-state index >= 15 is 0 Å². The molecular weight excluding hydrogens is 290 g/mol. The van der Waals surface area contributed by atoms with Crippen LogP contribution >= 0.6 is 11.3 Å². The number of nitrogens with one attached hydrogen (secondary N) is 1. The van der Waals surface area contributed by atoms with Gasteiger partial charge >= 0.3 is 6.09 Å². The number of aromatic nitrogens is 1. The summed E-state index contributed by atoms with van der Waals surface area (Å²) in [5.74, 6) is 0. The third kappa shape index (κ3) is 3.69. The standard InChI is InChI=1S/C14H17N3O3S/c18-14(19)16-17-7-5-10(6-8-17)20-9-13-15-11-3-1-2-4-12(11)21-13/h1-4,10,16H,5-9H2,(H,18,19). The molecule has 2 aromatic rings. The zero-order valence-electron chi connectivity index (χ0n) is 11.5. The summed E-state index contributed by atoms with van der Waals surface area (Å²) in [6.07, 6.45) is 0.809. The normalized spacial score (nSPS) is 17.1. The van der Waals surface area contributed by atoms with Gasteiger partial charge in [-0.1, -0.05) is 12.1 Å². The molecule has 7 heteroatoms. The molecule has 0 atom stereocenters. The van der Waals surface area contributed by atoms with E-state index in [9.17, 15) is 4.79 Å². The Morgan fingerprint density at radius 1 is 1.43 bits per heavy atom. The second kappa shape index (κ2) is 6.38. The molecule has 21 heavy (non-hydrogen) atoms. The van der Waals surface area contributed by atoms with Gasteiger partial charge in [-0.3, -0.25) is 5.43 Å². The molecule has 0 saturated carbocycles. The minimum absolute atomic E-state index is 0.170. The highest BCUT2D eigenvalue weighted by Gasteiger charge is 2.21. The van der Waals surface area contributed by atoms with Gasteiger partial charge in [-0.05, 0) is 25.0 Å². The van der Waals surface area contributed by atoms with Gasteiger partial charge in [0.1, 0.15) is 5.01 Å². The van der Waals surface area contributed by atoms with E-state index in [-0.39, 0.29) is 6.10 Å². The van der Waals surface area contributed by atoms with Gasteiger partial charge in [-0.2, -0.15) is 0 Å². The third-order valence-corrected chi connectivity index (χ3v) is 4.49. The molecule has 0 aliphatic carbocycles. The molecule has 0 spiro atoms. The van der Waals surface area contributed by atoms with E-state index in [1.165, 1.54) is 4.70 Å². The number of nitrogens with zero attached hydrogens (tertiary/aromatic N) is 2. The van der Waals surface area contributed by atoms with Crippen molar-refractivity contribution in [1.29, 1.82) is 0 Å². The summed E-state index contributed by atoms with van der Waals surface area (Å²) in [7, 11) is 0. The zero-order chi connectivity index (χ0) is 14.7. The van der Waals surface area contributed by atoms with Crippen LogP contribution in [0.2, 0.25) is 0 Å². The van der Waals surface area contributed by atoms with E-state index in [0.29, 0.717) is 19.7 Å². The molecule has 2 heterocycles. The molecule has 3 rings (SSSR count). The average Bonchev–Trinajstić information content (AvgIpc) is 2.89. The average molecular weight is 307 g/mol. The molecule has 0 unspecified atom stereocenters. The van der Waals surface area contributed by atoms with Crippen molar-refractivity contribution in [2.75, 3.05) is 13.1 Å². The quantitative estimate of drug-likeness (QED) is 0.907. The number of hydrogen-bond donors (Lipinski definition) is 2. The second-order valence-corrected chi connectivity index (χ2v) is 6.10. The summed E-state index contributed by atoms with van der Waals surface area (Å²) < 4.78 is 7.08. The Morgan fingerprint density at radius 3 is 2.90 bits per heavy atom. The van der Waals surface area contributed by atoms with Crippen molar-refractivity contribution >= 4 is 27.6 Å². The summed E-state index contributed by atoms with van der Waals surface area (Å²) in [5.41, 5.74) is 3.39. The SMILES string of the molecule is O=C(O)NN1CCC(OCc2nc3ccccc3s2)CC1. The van der Waals surface area contributed by atoms with Crippen LogP contribution in [0.3, 0.4) is 0 Å². The van der Waals surface area contributed by atoms with Gasteiger partial charge in [0.15, 0.2) is 0 Å². The van der Waals surface area contributed by atoms with E-state index in [4.69, 9.17) is 9.84 Å². The summed E-state index contributed by atoms with van der Waals surface area (Å²) in [4.78, 5) is 15.1. The van der Waals surface area contributed by atoms with Gasteiger partial charge in [-0.15, -0.1) is 11.3 Å². The first-order chi connectivity index (χ1) is 10.2. The largest absolute Gasteiger partial charge is 0.464 e. The van der Waals surface area contributed by atoms with Crippen LogP contribution in [0.15, 0.2) is 24.3 Å². The summed E-state index contributed by atoms with van der Waals surface area (Å²) in [6, 6.07) is 8.06. The number of para-hydroxylation sites is 1. The monoisotopic (exact) mass is 307 g/mol. The second-order valence-electron chi connectivity index (χ2n) is 4.99. The van der Waals surface area contributed by atoms with Crippen molar-refractivity contribution < 1.29 is 14.6 Å². The number of carbonyl (C=O) groups is 1. The van der Waals surface area contributed by atoms with Crippen LogP contribution in [0.1, 0.15) is 17.8 Å². The van der Waals surface area contributed by atoms with Crippen molar-refractivity contribution in [3.63, 3.8) is 0 Å². The van der Waals surface area contributed by atoms with Crippen molar-refractivity contribution in [2.24, 2.45) is 0 Å². The molecule has 1 aliphatic heterocycles. The number of piperidine rings is 1. The number of ether oxygens (including phenoxy) is 1. The number of carboxylic acid groups (broad SMARTS) is 1. The first kappa shape index (κ1) is 14.2. The third-order valence-electron chi connectivity index (χ3n) is 3.48. The van der Waals surface area contributed by atoms with E-state index < -0.39 is 6.09 Å². The molecule has 0 bridgehead atoms. The number of thiazole rings is 1. The fourth-order valence-corrected chi connectivity index (χ4v) is 3.33. The summed E-state index contributed by atoms with van der Waals surface area (Å²) in [5, 5.41) is 11.4. The Balaban J connectivity index is 1.49. The smallest absolute Gasteiger partial charge is 0.419 e. The lowest BCUT2D eigenvalue weighted by atomic mass is 10.1. The molecule has 2 N–H and O–H groups in total. The molecule has 1 fully saturated rings. The highest BCUT2D eigenvalue weighted by Crippen LogP contribution is 2.23. The topological polar surface area (TPSA) is 74.7 Å². The van der Waals surface area contributed by atoms with Crippen molar-refractivity contribution in [3.8, 4) is 0 Å². The Labute approximate surface area is 126 Å². The van der Waals surface area contributed by atoms with Crippen LogP contribution in [-0.4, -0.2) is 40.4 Å². The number of rotatable bonds is 4. The molecule has 6 nitrogen and oxygen atoms in total. The van der Waals surface area contributed by atoms with Crippen molar-refractivity contribution in [2.45, 2.75) is 25.6 Å². The van der Waals surface area contributed by atoms with Crippen LogP contribution in [-0.2, 0) is 11.3 Å². The van der Waals surface area contributed by atoms with Crippen molar-refractivity contribution in [3.05, 3.63) is 29.3 Å². The van der Waals surface area contributed by atoms with Gasteiger partial charge in [-0.25, -0.2) is 14.8 Å². The number of hydrogen-bond acceptors (Lipinski definition) is 5. The summed E-state index contributed by atoms with van der Waals surface area (Å²) in [6.45, 7) is 1.88. The molecule has 1 aromatic heterocycles. The predicted molar refractivity (Wildman–Crippen MR) is 80.2 cm³/mol. The minimum atomic E-state index is -1.01. The lowest BCUT2D eigenvalue weighted by Crippen LogP contribution is -2.47. The van der Waals surface area contributed by atoms with E-state index in [2.05, 4.69) is 16.5 Å². The maximum absolute atomic E-state index is 10.6. The molecule has 1 saturated heterocycles. The lowest BCUT2D eigenvalue weighted by molar-refractivity contribution is -0.0119. The fourth-order valence-electron chi connectivity index (χ4n) is 2.44. The molecule has 1 amide bonds. The Hall–Kier alpha value is -1.70. The number of fused-ring (bicyclic) bond motifs is 1. The Kier molecular flexibility index (Phi) is 4.33. The van der Waals surface area contributed by atoms with E-state index in [0.717, 1.165) is 23.4 Å². The summed E-state index contributed by atoms with van der Waals surface area (Å²) >= 11 is 1.66. The van der Waals surface area contributed by atoms with Crippen LogP contribution in [0, 0.1) is 0 Å². The molecule has 1 aromatic carbocycles. The van der Waals surface area contributed by atoms with Gasteiger partial charge in [0.25, 0.3) is 0 Å². The Bertz CT molecular complexity index is 590. The highest BCUT2D eigenvalue weighted by molar-refractivity contribution is 7.18. The molecule has 1 aliphatic rings. The first-order valence-electron chi connectivity index (χ1n) is 6.91. The highest BCUT2D eigenvalue weighted by atomic mass is 32.1. The number of amides is 1. The van der Waals surface area contributed by atoms with Crippen molar-refractivity contribution in [1.82, 2.24) is 15.4 Å². The Morgan fingerprint density at radius 2 is 2.19 bits per heavy atom. The molecule has 112 valence electrons. The lowest BCUT2D eigenvalue weighted by Gasteiger charge is -2.30. The first-order valence-corrected chi connectivity index (χ1v) is 7.73. The van der Waals surface area contributed by atoms with Crippen LogP contribution < -0.4 is 5.43 Å². The van der Waals surface area contributed by atoms with E-state index in [1.54, 1.807) is 16.3 Å². The van der Waals surface area contributed by atoms with Gasteiger partial charge in [0, 0.05) is 13.1 Å². The molecular formula is C14H17N3O3S.